The van der Waals surface area contributed by atoms with Crippen LogP contribution in [0.15, 0.2) is 102 Å². The maximum atomic E-state index is 12.8. The van der Waals surface area contributed by atoms with Crippen molar-refractivity contribution in [3.05, 3.63) is 119 Å². The third-order valence-corrected chi connectivity index (χ3v) is 6.43. The first-order valence-corrected chi connectivity index (χ1v) is 13.6. The van der Waals surface area contributed by atoms with E-state index in [-0.39, 0.29) is 25.0 Å². The Morgan fingerprint density at radius 2 is 1.64 bits per heavy atom. The first-order chi connectivity index (χ1) is 20.6. The summed E-state index contributed by atoms with van der Waals surface area (Å²) >= 11 is 0. The molecule has 0 bridgehead atoms. The molecule has 0 saturated carbocycles. The number of rotatable bonds is 12. The van der Waals surface area contributed by atoms with Gasteiger partial charge < -0.3 is 24.3 Å². The summed E-state index contributed by atoms with van der Waals surface area (Å²) in [5, 5.41) is 7.08. The summed E-state index contributed by atoms with van der Waals surface area (Å²) in [6, 6.07) is 28.8. The molecule has 2 amide bonds. The topological polar surface area (TPSA) is 107 Å². The predicted molar refractivity (Wildman–Crippen MR) is 158 cm³/mol. The van der Waals surface area contributed by atoms with Crippen molar-refractivity contribution in [1.82, 2.24) is 10.7 Å². The van der Waals surface area contributed by atoms with Gasteiger partial charge in [-0.15, -0.1) is 0 Å². The van der Waals surface area contributed by atoms with Crippen LogP contribution in [0.2, 0.25) is 0 Å². The second kappa shape index (κ2) is 13.8. The minimum atomic E-state index is -0.528. The van der Waals surface area contributed by atoms with Crippen LogP contribution in [0.4, 0.5) is 0 Å². The number of hydrogen-bond donors (Lipinski definition) is 2. The molecule has 1 atom stereocenters. The molecule has 1 aliphatic heterocycles. The number of carbonyl (C=O) groups excluding carboxylic acids is 2. The molecule has 42 heavy (non-hydrogen) atoms. The van der Waals surface area contributed by atoms with E-state index in [0.29, 0.717) is 41.6 Å². The van der Waals surface area contributed by atoms with Gasteiger partial charge in [-0.25, -0.2) is 5.43 Å². The quantitative estimate of drug-likeness (QED) is 0.176. The van der Waals surface area contributed by atoms with Crippen LogP contribution in [-0.4, -0.2) is 31.4 Å². The fraction of sp³-hybridized carbons (Fsp3) is 0.182. The van der Waals surface area contributed by atoms with Gasteiger partial charge in [0.1, 0.15) is 6.61 Å². The summed E-state index contributed by atoms with van der Waals surface area (Å²) in [6.45, 7) is 2.88. The van der Waals surface area contributed by atoms with Crippen LogP contribution >= 0.6 is 0 Å². The van der Waals surface area contributed by atoms with Crippen molar-refractivity contribution >= 4 is 18.0 Å². The van der Waals surface area contributed by atoms with E-state index in [9.17, 15) is 9.59 Å². The smallest absolute Gasteiger partial charge is 0.251 e. The zero-order chi connectivity index (χ0) is 29.1. The molecule has 4 aromatic carbocycles. The summed E-state index contributed by atoms with van der Waals surface area (Å²) in [4.78, 5) is 25.6. The number of benzene rings is 4. The van der Waals surface area contributed by atoms with Gasteiger partial charge in [0.15, 0.2) is 23.0 Å². The van der Waals surface area contributed by atoms with Crippen molar-refractivity contribution in [2.45, 2.75) is 26.0 Å². The first kappa shape index (κ1) is 28.2. The molecule has 0 saturated heterocycles. The molecule has 0 aliphatic carbocycles. The van der Waals surface area contributed by atoms with Crippen molar-refractivity contribution in [2.24, 2.45) is 5.10 Å². The van der Waals surface area contributed by atoms with Crippen molar-refractivity contribution < 1.29 is 28.5 Å². The van der Waals surface area contributed by atoms with Gasteiger partial charge in [-0.2, -0.15) is 5.10 Å². The average Bonchev–Trinajstić information content (AvgIpc) is 3.49. The van der Waals surface area contributed by atoms with Crippen molar-refractivity contribution in [1.29, 1.82) is 0 Å². The highest BCUT2D eigenvalue weighted by atomic mass is 16.7. The number of amides is 2. The average molecular weight is 566 g/mol. The third-order valence-electron chi connectivity index (χ3n) is 6.43. The van der Waals surface area contributed by atoms with Gasteiger partial charge in [0.2, 0.25) is 12.7 Å². The molecule has 0 aromatic heterocycles. The van der Waals surface area contributed by atoms with Gasteiger partial charge in [0, 0.05) is 5.56 Å². The van der Waals surface area contributed by atoms with Crippen LogP contribution in [-0.2, 0) is 11.4 Å². The van der Waals surface area contributed by atoms with Crippen LogP contribution in [0.5, 0.6) is 23.0 Å². The van der Waals surface area contributed by atoms with Crippen LogP contribution in [0, 0.1) is 0 Å². The fourth-order valence-corrected chi connectivity index (χ4v) is 4.36. The first-order valence-electron chi connectivity index (χ1n) is 13.6. The molecule has 2 N–H and O–H groups in total. The molecule has 1 heterocycles. The number of fused-ring (bicyclic) bond motifs is 1. The van der Waals surface area contributed by atoms with Crippen LogP contribution in [0.3, 0.4) is 0 Å². The highest BCUT2D eigenvalue weighted by Gasteiger charge is 2.19. The zero-order valence-electron chi connectivity index (χ0n) is 23.1. The summed E-state index contributed by atoms with van der Waals surface area (Å²) < 4.78 is 22.6. The zero-order valence-corrected chi connectivity index (χ0v) is 23.1. The summed E-state index contributed by atoms with van der Waals surface area (Å²) in [6.07, 6.45) is 1.54. The lowest BCUT2D eigenvalue weighted by molar-refractivity contribution is -0.121. The standard InChI is InChI=1S/C33H31N3O6/c1-2-39-30-17-23(13-15-28(30)40-21-24-14-16-29-31(18-24)42-22-41-29)20-34-36-32(37)19-27(25-9-5-3-6-10-25)35-33(38)26-11-7-4-8-12-26/h3-18,20,27H,2,19,21-22H2,1H3,(H,35,38)(H,36,37)/b34-20-/t27-/m0/s1. The Balaban J connectivity index is 1.20. The number of ether oxygens (including phenoxy) is 4. The van der Waals surface area contributed by atoms with Gasteiger partial charge in [-0.05, 0) is 66.1 Å². The predicted octanol–water partition coefficient (Wildman–Crippen LogP) is 5.40. The lowest BCUT2D eigenvalue weighted by Gasteiger charge is -2.18. The fourth-order valence-electron chi connectivity index (χ4n) is 4.36. The Kier molecular flexibility index (Phi) is 9.31. The Bertz CT molecular complexity index is 1540. The Labute approximate surface area is 244 Å². The molecular formula is C33H31N3O6. The van der Waals surface area contributed by atoms with Crippen LogP contribution in [0.1, 0.15) is 46.4 Å². The van der Waals surface area contributed by atoms with E-state index < -0.39 is 6.04 Å². The minimum Gasteiger partial charge on any atom is -0.490 e. The van der Waals surface area contributed by atoms with E-state index in [4.69, 9.17) is 18.9 Å². The van der Waals surface area contributed by atoms with Crippen LogP contribution in [0.25, 0.3) is 0 Å². The molecule has 1 aliphatic rings. The minimum absolute atomic E-state index is 0.0107. The van der Waals surface area contributed by atoms with Crippen molar-refractivity contribution in [3.8, 4) is 23.0 Å². The van der Waals surface area contributed by atoms with Gasteiger partial charge in [-0.1, -0.05) is 54.6 Å². The normalized spacial score (nSPS) is 12.5. The number of nitrogens with zero attached hydrogens (tertiary/aromatic N) is 1. The summed E-state index contributed by atoms with van der Waals surface area (Å²) in [5.41, 5.74) is 5.55. The molecule has 4 aromatic rings. The lowest BCUT2D eigenvalue weighted by Crippen LogP contribution is -2.32. The number of hydrogen-bond acceptors (Lipinski definition) is 7. The van der Waals surface area contributed by atoms with E-state index >= 15 is 0 Å². The molecule has 214 valence electrons. The second-order valence-electron chi connectivity index (χ2n) is 9.42. The van der Waals surface area contributed by atoms with Gasteiger partial charge in [0.25, 0.3) is 5.91 Å². The molecule has 0 spiro atoms. The molecule has 9 heteroatoms. The number of nitrogens with one attached hydrogen (secondary N) is 2. The number of carbonyl (C=O) groups is 2. The highest BCUT2D eigenvalue weighted by Crippen LogP contribution is 2.34. The Morgan fingerprint density at radius 3 is 2.43 bits per heavy atom. The SMILES string of the molecule is CCOc1cc(/C=N\NC(=O)C[C@H](NC(=O)c2ccccc2)c2ccccc2)ccc1OCc1ccc2c(c1)OCO2. The van der Waals surface area contributed by atoms with Gasteiger partial charge in [-0.3, -0.25) is 9.59 Å². The van der Waals surface area contributed by atoms with E-state index in [0.717, 1.165) is 16.9 Å². The number of hydrazone groups is 1. The Morgan fingerprint density at radius 1 is 0.881 bits per heavy atom. The van der Waals surface area contributed by atoms with E-state index in [2.05, 4.69) is 15.8 Å². The van der Waals surface area contributed by atoms with Gasteiger partial charge in [0.05, 0.1) is 25.3 Å². The second-order valence-corrected chi connectivity index (χ2v) is 9.42. The maximum absolute atomic E-state index is 12.8. The third kappa shape index (κ3) is 7.45. The molecule has 5 rings (SSSR count). The van der Waals surface area contributed by atoms with Crippen molar-refractivity contribution in [2.75, 3.05) is 13.4 Å². The maximum Gasteiger partial charge on any atom is 0.251 e. The summed E-state index contributed by atoms with van der Waals surface area (Å²) in [5.74, 6) is 1.95. The monoisotopic (exact) mass is 565 g/mol. The molecule has 0 fully saturated rings. The van der Waals surface area contributed by atoms with Crippen molar-refractivity contribution in [3.63, 3.8) is 0 Å². The summed E-state index contributed by atoms with van der Waals surface area (Å²) in [7, 11) is 0. The van der Waals surface area contributed by atoms with E-state index in [1.54, 1.807) is 36.4 Å². The van der Waals surface area contributed by atoms with E-state index in [1.165, 1.54) is 6.21 Å². The van der Waals surface area contributed by atoms with Crippen LogP contribution < -0.4 is 29.7 Å². The largest absolute Gasteiger partial charge is 0.490 e. The lowest BCUT2D eigenvalue weighted by atomic mass is 10.0. The molecular weight excluding hydrogens is 534 g/mol. The van der Waals surface area contributed by atoms with E-state index in [1.807, 2.05) is 67.6 Å². The Hall–Kier alpha value is -5.31. The molecule has 0 radical (unpaired) electrons. The molecule has 9 nitrogen and oxygen atoms in total. The molecule has 0 unspecified atom stereocenters. The van der Waals surface area contributed by atoms with Gasteiger partial charge >= 0.3 is 0 Å². The highest BCUT2D eigenvalue weighted by molar-refractivity contribution is 5.94.